The number of halogens is 1. The third-order valence-electron chi connectivity index (χ3n) is 6.44. The molecular weight excluding hydrogens is 447 g/mol. The van der Waals surface area contributed by atoms with Gasteiger partial charge >= 0.3 is 0 Å². The molecule has 1 N–H and O–H groups in total. The molecule has 2 saturated heterocycles. The summed E-state index contributed by atoms with van der Waals surface area (Å²) in [4.78, 5) is 32.3. The van der Waals surface area contributed by atoms with E-state index in [0.29, 0.717) is 44.0 Å². The lowest BCUT2D eigenvalue weighted by Crippen LogP contribution is -2.47. The quantitative estimate of drug-likeness (QED) is 0.653. The molecule has 2 amide bonds. The van der Waals surface area contributed by atoms with Crippen LogP contribution in [0.3, 0.4) is 0 Å². The van der Waals surface area contributed by atoms with Crippen LogP contribution in [0, 0.1) is 11.7 Å². The van der Waals surface area contributed by atoms with Crippen LogP contribution in [0.1, 0.15) is 36.2 Å². The Balaban J connectivity index is 1.48. The summed E-state index contributed by atoms with van der Waals surface area (Å²) in [5, 5.41) is 2.95. The number of rotatable bonds is 7. The number of piperazine rings is 1. The number of amides is 2. The summed E-state index contributed by atoms with van der Waals surface area (Å²) in [6.45, 7) is 10.2. The molecule has 7 nitrogen and oxygen atoms in total. The first-order valence-corrected chi connectivity index (χ1v) is 12.4. The second-order valence-electron chi connectivity index (χ2n) is 9.67. The lowest BCUT2D eigenvalue weighted by atomic mass is 10.1. The molecule has 0 radical (unpaired) electrons. The fourth-order valence-corrected chi connectivity index (χ4v) is 4.58. The highest BCUT2D eigenvalue weighted by molar-refractivity contribution is 6.02. The van der Waals surface area contributed by atoms with Gasteiger partial charge in [-0.1, -0.05) is 26.0 Å². The predicted octanol–water partition coefficient (Wildman–Crippen LogP) is 3.60. The Morgan fingerprint density at radius 1 is 0.971 bits per heavy atom. The molecule has 0 spiro atoms. The Morgan fingerprint density at radius 2 is 1.66 bits per heavy atom. The largest absolute Gasteiger partial charge is 0.378 e. The van der Waals surface area contributed by atoms with Crippen molar-refractivity contribution in [1.29, 1.82) is 0 Å². The molecule has 2 aromatic carbocycles. The number of hydrogen-bond acceptors (Lipinski definition) is 5. The van der Waals surface area contributed by atoms with Gasteiger partial charge < -0.3 is 19.9 Å². The van der Waals surface area contributed by atoms with Crippen molar-refractivity contribution in [3.05, 3.63) is 59.4 Å². The van der Waals surface area contributed by atoms with Gasteiger partial charge in [0.1, 0.15) is 5.82 Å². The monoisotopic (exact) mass is 482 g/mol. The summed E-state index contributed by atoms with van der Waals surface area (Å²) < 4.78 is 18.6. The maximum atomic E-state index is 13.5. The van der Waals surface area contributed by atoms with Gasteiger partial charge in [-0.2, -0.15) is 0 Å². The summed E-state index contributed by atoms with van der Waals surface area (Å²) in [5.41, 5.74) is 3.24. The predicted molar refractivity (Wildman–Crippen MR) is 135 cm³/mol. The van der Waals surface area contributed by atoms with E-state index in [1.54, 1.807) is 0 Å². The number of nitrogens with one attached hydrogen (secondary N) is 1. The maximum absolute atomic E-state index is 13.5. The minimum Gasteiger partial charge on any atom is -0.378 e. The van der Waals surface area contributed by atoms with Crippen molar-refractivity contribution in [1.82, 2.24) is 9.80 Å². The third-order valence-corrected chi connectivity index (χ3v) is 6.44. The molecule has 8 heteroatoms. The van der Waals surface area contributed by atoms with Gasteiger partial charge in [0.15, 0.2) is 0 Å². The highest BCUT2D eigenvalue weighted by atomic mass is 19.1. The van der Waals surface area contributed by atoms with Crippen LogP contribution >= 0.6 is 0 Å². The van der Waals surface area contributed by atoms with E-state index in [0.717, 1.165) is 44.0 Å². The lowest BCUT2D eigenvalue weighted by molar-refractivity contribution is -0.116. The molecule has 0 unspecified atom stereocenters. The zero-order valence-corrected chi connectivity index (χ0v) is 20.6. The number of morpholine rings is 1. The molecule has 2 aliphatic rings. The van der Waals surface area contributed by atoms with Gasteiger partial charge in [0.05, 0.1) is 18.8 Å². The SMILES string of the molecule is CC(C)CC(=O)Nc1ccc(N2CCN(Cc3ccc(F)cc3)CC2)c(C(=O)N2CCOCC2)c1. The second-order valence-corrected chi connectivity index (χ2v) is 9.67. The van der Waals surface area contributed by atoms with Crippen molar-refractivity contribution < 1.29 is 18.7 Å². The molecule has 2 heterocycles. The van der Waals surface area contributed by atoms with E-state index < -0.39 is 0 Å². The standard InChI is InChI=1S/C27H35FN4O3/c1-20(2)17-26(33)29-23-7-8-25(24(18-23)27(34)32-13-15-35-16-14-32)31-11-9-30(10-12-31)19-21-3-5-22(28)6-4-21/h3-8,18,20H,9-17,19H2,1-2H3,(H,29,33). The number of hydrogen-bond donors (Lipinski definition) is 1. The van der Waals surface area contributed by atoms with Gasteiger partial charge in [0, 0.05) is 63.6 Å². The van der Waals surface area contributed by atoms with Gasteiger partial charge in [-0.15, -0.1) is 0 Å². The average Bonchev–Trinajstić information content (AvgIpc) is 2.85. The lowest BCUT2D eigenvalue weighted by Gasteiger charge is -2.37. The summed E-state index contributed by atoms with van der Waals surface area (Å²) in [7, 11) is 0. The molecular formula is C27H35FN4O3. The molecule has 0 aliphatic carbocycles. The van der Waals surface area contributed by atoms with Gasteiger partial charge in [0.25, 0.3) is 5.91 Å². The van der Waals surface area contributed by atoms with Crippen LogP contribution in [-0.2, 0) is 16.1 Å². The Kier molecular flexibility index (Phi) is 8.36. The Hall–Kier alpha value is -2.97. The zero-order valence-electron chi connectivity index (χ0n) is 20.6. The highest BCUT2D eigenvalue weighted by Gasteiger charge is 2.26. The van der Waals surface area contributed by atoms with E-state index in [-0.39, 0.29) is 23.5 Å². The first-order valence-electron chi connectivity index (χ1n) is 12.4. The van der Waals surface area contributed by atoms with Gasteiger partial charge in [0.2, 0.25) is 5.91 Å². The van der Waals surface area contributed by atoms with Crippen LogP contribution in [0.4, 0.5) is 15.8 Å². The minimum atomic E-state index is -0.222. The van der Waals surface area contributed by atoms with Gasteiger partial charge in [-0.05, 0) is 41.8 Å². The smallest absolute Gasteiger partial charge is 0.256 e. The molecule has 2 fully saturated rings. The molecule has 2 aliphatic heterocycles. The number of carbonyl (C=O) groups is 2. The van der Waals surface area contributed by atoms with Crippen molar-refractivity contribution in [2.75, 3.05) is 62.7 Å². The summed E-state index contributed by atoms with van der Waals surface area (Å²) >= 11 is 0. The van der Waals surface area contributed by atoms with E-state index in [4.69, 9.17) is 4.74 Å². The molecule has 0 atom stereocenters. The molecule has 188 valence electrons. The first-order chi connectivity index (χ1) is 16.9. The van der Waals surface area contributed by atoms with Gasteiger partial charge in [-0.3, -0.25) is 14.5 Å². The Labute approximate surface area is 206 Å². The van der Waals surface area contributed by atoms with E-state index in [1.165, 1.54) is 12.1 Å². The van der Waals surface area contributed by atoms with Crippen LogP contribution in [-0.4, -0.2) is 74.1 Å². The van der Waals surface area contributed by atoms with Crippen LogP contribution in [0.2, 0.25) is 0 Å². The Bertz CT molecular complexity index is 1010. The fraction of sp³-hybridized carbons (Fsp3) is 0.481. The third kappa shape index (κ3) is 6.80. The summed E-state index contributed by atoms with van der Waals surface area (Å²) in [5.74, 6) is -0.0428. The van der Waals surface area contributed by atoms with E-state index >= 15 is 0 Å². The van der Waals surface area contributed by atoms with Crippen molar-refractivity contribution in [3.63, 3.8) is 0 Å². The molecule has 35 heavy (non-hydrogen) atoms. The summed E-state index contributed by atoms with van der Waals surface area (Å²) in [6.07, 6.45) is 0.435. The van der Waals surface area contributed by atoms with Gasteiger partial charge in [-0.25, -0.2) is 4.39 Å². The van der Waals surface area contributed by atoms with Crippen LogP contribution < -0.4 is 10.2 Å². The number of nitrogens with zero attached hydrogens (tertiary/aromatic N) is 3. The minimum absolute atomic E-state index is 0.0306. The van der Waals surface area contributed by atoms with Crippen molar-refractivity contribution in [2.24, 2.45) is 5.92 Å². The van der Waals surface area contributed by atoms with Crippen LogP contribution in [0.15, 0.2) is 42.5 Å². The van der Waals surface area contributed by atoms with Crippen molar-refractivity contribution >= 4 is 23.2 Å². The highest BCUT2D eigenvalue weighted by Crippen LogP contribution is 2.28. The van der Waals surface area contributed by atoms with E-state index in [2.05, 4.69) is 15.1 Å². The van der Waals surface area contributed by atoms with E-state index in [1.807, 2.05) is 49.1 Å². The molecule has 4 rings (SSSR count). The Morgan fingerprint density at radius 3 is 2.31 bits per heavy atom. The van der Waals surface area contributed by atoms with Crippen LogP contribution in [0.5, 0.6) is 0 Å². The average molecular weight is 483 g/mol. The molecule has 0 bridgehead atoms. The first kappa shape index (κ1) is 25.1. The molecule has 2 aromatic rings. The fourth-order valence-electron chi connectivity index (χ4n) is 4.58. The number of benzene rings is 2. The zero-order chi connectivity index (χ0) is 24.8. The van der Waals surface area contributed by atoms with Crippen LogP contribution in [0.25, 0.3) is 0 Å². The van der Waals surface area contributed by atoms with Crippen molar-refractivity contribution in [3.8, 4) is 0 Å². The second kappa shape index (κ2) is 11.6. The number of anilines is 2. The summed E-state index contributed by atoms with van der Waals surface area (Å²) in [6, 6.07) is 12.3. The molecule has 0 aromatic heterocycles. The normalized spacial score (nSPS) is 17.0. The molecule has 0 saturated carbocycles. The number of ether oxygens (including phenoxy) is 1. The maximum Gasteiger partial charge on any atom is 0.256 e. The van der Waals surface area contributed by atoms with E-state index in [9.17, 15) is 14.0 Å². The van der Waals surface area contributed by atoms with Crippen molar-refractivity contribution in [2.45, 2.75) is 26.8 Å². The topological polar surface area (TPSA) is 65.1 Å². The number of carbonyl (C=O) groups excluding carboxylic acids is 2.